The van der Waals surface area contributed by atoms with Crippen molar-refractivity contribution in [3.63, 3.8) is 0 Å². The van der Waals surface area contributed by atoms with E-state index in [4.69, 9.17) is 14.7 Å². The molecule has 0 aliphatic rings. The van der Waals surface area contributed by atoms with Crippen molar-refractivity contribution in [2.75, 3.05) is 14.2 Å². The summed E-state index contributed by atoms with van der Waals surface area (Å²) < 4.78 is 10.3. The molecule has 0 saturated heterocycles. The fourth-order valence-corrected chi connectivity index (χ4v) is 2.01. The highest BCUT2D eigenvalue weighted by Gasteiger charge is 2.05. The number of methoxy groups -OCH3 is 2. The van der Waals surface area contributed by atoms with E-state index in [1.807, 2.05) is 48.5 Å². The third kappa shape index (κ3) is 3.63. The number of rotatable bonds is 5. The van der Waals surface area contributed by atoms with Crippen molar-refractivity contribution in [1.29, 1.82) is 0 Å². The van der Waals surface area contributed by atoms with Crippen molar-refractivity contribution in [2.24, 2.45) is 5.16 Å². The van der Waals surface area contributed by atoms with Crippen LogP contribution in [-0.4, -0.2) is 25.6 Å². The minimum atomic E-state index is 0.795. The lowest BCUT2D eigenvalue weighted by molar-refractivity contribution is 0.322. The van der Waals surface area contributed by atoms with Gasteiger partial charge in [0.1, 0.15) is 11.5 Å². The molecule has 2 rings (SSSR count). The molecule has 0 aliphatic carbocycles. The Hall–Kier alpha value is -2.75. The van der Waals surface area contributed by atoms with Crippen LogP contribution in [0, 0.1) is 0 Å². The second-order valence-electron chi connectivity index (χ2n) is 4.30. The zero-order valence-electron chi connectivity index (χ0n) is 12.0. The summed E-state index contributed by atoms with van der Waals surface area (Å²) in [5.41, 5.74) is 2.94. The highest BCUT2D eigenvalue weighted by molar-refractivity contribution is 5.91. The maximum Gasteiger partial charge on any atom is 0.118 e. The molecule has 0 spiro atoms. The van der Waals surface area contributed by atoms with Gasteiger partial charge in [-0.25, -0.2) is 0 Å². The molecular weight excluding hydrogens is 266 g/mol. The largest absolute Gasteiger partial charge is 0.497 e. The van der Waals surface area contributed by atoms with Crippen LogP contribution in [0.5, 0.6) is 11.5 Å². The van der Waals surface area contributed by atoms with Crippen LogP contribution < -0.4 is 9.47 Å². The van der Waals surface area contributed by atoms with Crippen molar-refractivity contribution < 1.29 is 14.7 Å². The van der Waals surface area contributed by atoms with Gasteiger partial charge < -0.3 is 14.7 Å². The fraction of sp³-hybridized carbons (Fsp3) is 0.118. The summed E-state index contributed by atoms with van der Waals surface area (Å²) in [6, 6.07) is 15.4. The molecule has 0 radical (unpaired) electrons. The van der Waals surface area contributed by atoms with E-state index in [-0.39, 0.29) is 0 Å². The number of hydrogen-bond donors (Lipinski definition) is 1. The first-order chi connectivity index (χ1) is 10.3. The summed E-state index contributed by atoms with van der Waals surface area (Å²) in [6.45, 7) is 0. The van der Waals surface area contributed by atoms with Crippen molar-refractivity contribution in [1.82, 2.24) is 0 Å². The van der Waals surface area contributed by atoms with Crippen LogP contribution in [0.1, 0.15) is 11.1 Å². The summed E-state index contributed by atoms with van der Waals surface area (Å²) in [6.07, 6.45) is 3.10. The van der Waals surface area contributed by atoms with E-state index in [0.717, 1.165) is 28.2 Å². The van der Waals surface area contributed by atoms with Crippen LogP contribution >= 0.6 is 0 Å². The summed E-state index contributed by atoms with van der Waals surface area (Å²) in [4.78, 5) is 0. The fourth-order valence-electron chi connectivity index (χ4n) is 2.01. The molecular formula is C17H17NO3. The van der Waals surface area contributed by atoms with Gasteiger partial charge in [-0.05, 0) is 47.0 Å². The van der Waals surface area contributed by atoms with E-state index in [0.29, 0.717) is 0 Å². The Balaban J connectivity index is 2.41. The van der Waals surface area contributed by atoms with Gasteiger partial charge in [-0.1, -0.05) is 29.4 Å². The van der Waals surface area contributed by atoms with Gasteiger partial charge in [-0.3, -0.25) is 0 Å². The third-order valence-corrected chi connectivity index (χ3v) is 3.11. The minimum absolute atomic E-state index is 0.795. The van der Waals surface area contributed by atoms with Gasteiger partial charge in [-0.15, -0.1) is 0 Å². The summed E-state index contributed by atoms with van der Waals surface area (Å²) in [7, 11) is 3.27. The molecule has 0 heterocycles. The first-order valence-corrected chi connectivity index (χ1v) is 6.45. The van der Waals surface area contributed by atoms with Crippen molar-refractivity contribution >= 4 is 11.8 Å². The maximum atomic E-state index is 8.66. The third-order valence-electron chi connectivity index (χ3n) is 3.11. The first kappa shape index (κ1) is 14.7. The predicted octanol–water partition coefficient (Wildman–Crippen LogP) is 3.60. The van der Waals surface area contributed by atoms with Gasteiger partial charge in [0.2, 0.25) is 0 Å². The second kappa shape index (κ2) is 7.14. The van der Waals surface area contributed by atoms with Crippen LogP contribution in [0.15, 0.2) is 59.8 Å². The molecule has 2 aromatic rings. The van der Waals surface area contributed by atoms with Gasteiger partial charge >= 0.3 is 0 Å². The molecule has 0 fully saturated rings. The average molecular weight is 283 g/mol. The number of ether oxygens (including phenoxy) is 2. The smallest absolute Gasteiger partial charge is 0.118 e. The molecule has 1 N–H and O–H groups in total. The highest BCUT2D eigenvalue weighted by atomic mass is 16.5. The van der Waals surface area contributed by atoms with E-state index in [1.54, 1.807) is 20.3 Å². The summed E-state index contributed by atoms with van der Waals surface area (Å²) in [5, 5.41) is 11.7. The number of oxime groups is 1. The zero-order valence-corrected chi connectivity index (χ0v) is 12.0. The highest BCUT2D eigenvalue weighted by Crippen LogP contribution is 2.26. The summed E-state index contributed by atoms with van der Waals surface area (Å²) in [5.74, 6) is 1.59. The van der Waals surface area contributed by atoms with Crippen LogP contribution in [0.2, 0.25) is 0 Å². The van der Waals surface area contributed by atoms with Crippen LogP contribution in [0.4, 0.5) is 0 Å². The Morgan fingerprint density at radius 3 is 1.62 bits per heavy atom. The lowest BCUT2D eigenvalue weighted by Crippen LogP contribution is -1.91. The minimum Gasteiger partial charge on any atom is -0.497 e. The van der Waals surface area contributed by atoms with Crippen LogP contribution in [-0.2, 0) is 0 Å². The van der Waals surface area contributed by atoms with Crippen LogP contribution in [0.25, 0.3) is 5.57 Å². The molecule has 4 heteroatoms. The molecule has 0 atom stereocenters. The number of hydrogen-bond acceptors (Lipinski definition) is 4. The Morgan fingerprint density at radius 1 is 0.857 bits per heavy atom. The Morgan fingerprint density at radius 2 is 1.29 bits per heavy atom. The SMILES string of the molecule is COc1ccc(C(=C/C=N/O)c2ccc(OC)cc2)cc1. The Bertz CT molecular complexity index is 579. The maximum absolute atomic E-state index is 8.66. The average Bonchev–Trinajstić information content (AvgIpc) is 2.56. The number of allylic oxidation sites excluding steroid dienone is 1. The molecule has 0 aromatic heterocycles. The number of nitrogens with zero attached hydrogens (tertiary/aromatic N) is 1. The van der Waals surface area contributed by atoms with Gasteiger partial charge in [0, 0.05) is 0 Å². The topological polar surface area (TPSA) is 51.0 Å². The summed E-state index contributed by atoms with van der Waals surface area (Å²) >= 11 is 0. The molecule has 2 aromatic carbocycles. The first-order valence-electron chi connectivity index (χ1n) is 6.45. The molecule has 108 valence electrons. The van der Waals surface area contributed by atoms with E-state index >= 15 is 0 Å². The zero-order chi connectivity index (χ0) is 15.1. The molecule has 0 bridgehead atoms. The van der Waals surface area contributed by atoms with Crippen molar-refractivity contribution in [3.05, 3.63) is 65.7 Å². The van der Waals surface area contributed by atoms with Crippen molar-refractivity contribution in [3.8, 4) is 11.5 Å². The van der Waals surface area contributed by atoms with Crippen LogP contribution in [0.3, 0.4) is 0 Å². The standard InChI is InChI=1S/C17H17NO3/c1-20-15-7-3-13(4-8-15)17(11-12-18-19)14-5-9-16(21-2)10-6-14/h3-12,19H,1-2H3/b18-12+. The van der Waals surface area contributed by atoms with E-state index in [1.165, 1.54) is 6.21 Å². The Kier molecular flexibility index (Phi) is 4.99. The van der Waals surface area contributed by atoms with Gasteiger partial charge in [0.05, 0.1) is 20.4 Å². The number of benzene rings is 2. The van der Waals surface area contributed by atoms with E-state index in [9.17, 15) is 0 Å². The second-order valence-corrected chi connectivity index (χ2v) is 4.30. The Labute approximate surface area is 123 Å². The van der Waals surface area contributed by atoms with Gasteiger partial charge in [0.15, 0.2) is 0 Å². The molecule has 0 aliphatic heterocycles. The van der Waals surface area contributed by atoms with Crippen molar-refractivity contribution in [2.45, 2.75) is 0 Å². The lowest BCUT2D eigenvalue weighted by Gasteiger charge is -2.09. The quantitative estimate of drug-likeness (QED) is 0.518. The van der Waals surface area contributed by atoms with Gasteiger partial charge in [0.25, 0.3) is 0 Å². The predicted molar refractivity (Wildman–Crippen MR) is 83.3 cm³/mol. The lowest BCUT2D eigenvalue weighted by atomic mass is 9.97. The van der Waals surface area contributed by atoms with E-state index < -0.39 is 0 Å². The monoisotopic (exact) mass is 283 g/mol. The normalized spacial score (nSPS) is 10.4. The molecule has 21 heavy (non-hydrogen) atoms. The molecule has 0 amide bonds. The molecule has 0 unspecified atom stereocenters. The molecule has 0 saturated carbocycles. The van der Waals surface area contributed by atoms with Gasteiger partial charge in [-0.2, -0.15) is 0 Å². The molecule has 4 nitrogen and oxygen atoms in total. The van der Waals surface area contributed by atoms with E-state index in [2.05, 4.69) is 5.16 Å².